The minimum atomic E-state index is 0.134. The Balaban J connectivity index is 2.15. The number of aromatic nitrogens is 1. The summed E-state index contributed by atoms with van der Waals surface area (Å²) in [5.74, 6) is 0. The molecule has 3 nitrogen and oxygen atoms in total. The molecule has 2 aromatic rings. The van der Waals surface area contributed by atoms with Crippen LogP contribution in [0.2, 0.25) is 5.02 Å². The van der Waals surface area contributed by atoms with Gasteiger partial charge in [0.25, 0.3) is 0 Å². The molecule has 0 radical (unpaired) electrons. The molecule has 0 amide bonds. The van der Waals surface area contributed by atoms with Gasteiger partial charge in [0.1, 0.15) is 5.01 Å². The summed E-state index contributed by atoms with van der Waals surface area (Å²) < 4.78 is 0. The van der Waals surface area contributed by atoms with Gasteiger partial charge in [-0.1, -0.05) is 11.6 Å². The molecule has 5 heteroatoms. The number of thiazole rings is 1. The van der Waals surface area contributed by atoms with Crippen LogP contribution in [-0.4, -0.2) is 4.98 Å². The molecule has 1 aromatic heterocycles. The van der Waals surface area contributed by atoms with Crippen LogP contribution in [0.25, 0.3) is 0 Å². The molecule has 0 bridgehead atoms. The van der Waals surface area contributed by atoms with E-state index in [0.717, 1.165) is 16.4 Å². The summed E-state index contributed by atoms with van der Waals surface area (Å²) in [6.45, 7) is 4.05. The summed E-state index contributed by atoms with van der Waals surface area (Å²) in [6.07, 6.45) is 0. The number of hydrogen-bond donors (Lipinski definition) is 2. The third-order valence-electron chi connectivity index (χ3n) is 2.37. The number of nitrogens with zero attached hydrogens (tertiary/aromatic N) is 1. The molecule has 17 heavy (non-hydrogen) atoms. The van der Waals surface area contributed by atoms with Crippen molar-refractivity contribution in [1.29, 1.82) is 0 Å². The van der Waals surface area contributed by atoms with E-state index in [1.165, 1.54) is 0 Å². The average molecular weight is 268 g/mol. The number of hydrogen-bond acceptors (Lipinski definition) is 4. The van der Waals surface area contributed by atoms with E-state index in [4.69, 9.17) is 17.3 Å². The normalized spacial score (nSPS) is 12.4. The second-order valence-electron chi connectivity index (χ2n) is 3.93. The molecule has 1 unspecified atom stereocenters. The van der Waals surface area contributed by atoms with Crippen molar-refractivity contribution in [3.63, 3.8) is 0 Å². The fraction of sp³-hybridized carbons (Fsp3) is 0.250. The van der Waals surface area contributed by atoms with Crippen LogP contribution in [-0.2, 0) is 0 Å². The number of nitrogens with two attached hydrogens (primary N) is 1. The Bertz CT molecular complexity index is 524. The molecular formula is C12H14ClN3S. The highest BCUT2D eigenvalue weighted by Crippen LogP contribution is 2.28. The molecule has 90 valence electrons. The zero-order valence-electron chi connectivity index (χ0n) is 9.70. The molecule has 0 saturated heterocycles. The minimum Gasteiger partial charge on any atom is -0.399 e. The van der Waals surface area contributed by atoms with E-state index >= 15 is 0 Å². The van der Waals surface area contributed by atoms with Crippen molar-refractivity contribution in [2.24, 2.45) is 0 Å². The summed E-state index contributed by atoms with van der Waals surface area (Å²) in [6, 6.07) is 5.58. The maximum absolute atomic E-state index is 6.11. The number of anilines is 2. The third kappa shape index (κ3) is 2.90. The zero-order valence-corrected chi connectivity index (χ0v) is 11.3. The van der Waals surface area contributed by atoms with Crippen LogP contribution in [0.1, 0.15) is 23.7 Å². The predicted octanol–water partition coefficient (Wildman–Crippen LogP) is 3.86. The summed E-state index contributed by atoms with van der Waals surface area (Å²) in [4.78, 5) is 4.44. The molecule has 1 atom stereocenters. The maximum Gasteiger partial charge on any atom is 0.115 e. The molecule has 0 aliphatic carbocycles. The Morgan fingerprint density at radius 2 is 2.24 bits per heavy atom. The van der Waals surface area contributed by atoms with E-state index < -0.39 is 0 Å². The predicted molar refractivity (Wildman–Crippen MR) is 74.8 cm³/mol. The smallest absolute Gasteiger partial charge is 0.115 e. The van der Waals surface area contributed by atoms with Crippen molar-refractivity contribution in [1.82, 2.24) is 4.98 Å². The number of nitrogen functional groups attached to an aromatic ring is 1. The average Bonchev–Trinajstić information content (AvgIpc) is 2.69. The molecule has 0 saturated carbocycles. The number of halogens is 1. The topological polar surface area (TPSA) is 50.9 Å². The van der Waals surface area contributed by atoms with Crippen LogP contribution < -0.4 is 11.1 Å². The molecule has 1 heterocycles. The van der Waals surface area contributed by atoms with Gasteiger partial charge in [0, 0.05) is 16.8 Å². The van der Waals surface area contributed by atoms with Crippen LogP contribution in [0, 0.1) is 6.92 Å². The Labute approximate surface area is 110 Å². The van der Waals surface area contributed by atoms with Crippen LogP contribution in [0.15, 0.2) is 23.6 Å². The van der Waals surface area contributed by atoms with E-state index in [2.05, 4.69) is 17.2 Å². The molecule has 0 fully saturated rings. The molecule has 2 rings (SSSR count). The van der Waals surface area contributed by atoms with E-state index in [1.807, 2.05) is 24.4 Å². The highest BCUT2D eigenvalue weighted by Gasteiger charge is 2.10. The van der Waals surface area contributed by atoms with E-state index in [-0.39, 0.29) is 6.04 Å². The number of aryl methyl sites for hydroxylation is 1. The highest BCUT2D eigenvalue weighted by atomic mass is 35.5. The third-order valence-corrected chi connectivity index (χ3v) is 3.83. The lowest BCUT2D eigenvalue weighted by molar-refractivity contribution is 0.864. The zero-order chi connectivity index (χ0) is 12.4. The van der Waals surface area contributed by atoms with Crippen LogP contribution in [0.4, 0.5) is 11.4 Å². The van der Waals surface area contributed by atoms with Crippen molar-refractivity contribution in [3.05, 3.63) is 39.3 Å². The van der Waals surface area contributed by atoms with Crippen molar-refractivity contribution < 1.29 is 0 Å². The molecular weight excluding hydrogens is 254 g/mol. The molecule has 3 N–H and O–H groups in total. The lowest BCUT2D eigenvalue weighted by Crippen LogP contribution is -2.06. The van der Waals surface area contributed by atoms with Gasteiger partial charge in [-0.05, 0) is 32.0 Å². The first kappa shape index (κ1) is 12.2. The van der Waals surface area contributed by atoms with Crippen molar-refractivity contribution in [2.75, 3.05) is 11.1 Å². The van der Waals surface area contributed by atoms with Crippen molar-refractivity contribution in [2.45, 2.75) is 19.9 Å². The molecule has 0 aliphatic rings. The van der Waals surface area contributed by atoms with Gasteiger partial charge in [-0.25, -0.2) is 4.98 Å². The Hall–Kier alpha value is -1.26. The Morgan fingerprint density at radius 3 is 2.82 bits per heavy atom. The summed E-state index contributed by atoms with van der Waals surface area (Å²) in [7, 11) is 0. The van der Waals surface area contributed by atoms with Crippen LogP contribution in [0.3, 0.4) is 0 Å². The van der Waals surface area contributed by atoms with Gasteiger partial charge >= 0.3 is 0 Å². The lowest BCUT2D eigenvalue weighted by atomic mass is 10.2. The SMILES string of the molecule is Cc1csc(C(C)Nc2ccc(N)cc2Cl)n1. The van der Waals surface area contributed by atoms with E-state index in [9.17, 15) is 0 Å². The van der Waals surface area contributed by atoms with Gasteiger partial charge in [0.15, 0.2) is 0 Å². The summed E-state index contributed by atoms with van der Waals surface area (Å²) in [5, 5.41) is 7.05. The molecule has 0 aliphatic heterocycles. The van der Waals surface area contributed by atoms with Gasteiger partial charge in [-0.2, -0.15) is 0 Å². The van der Waals surface area contributed by atoms with Gasteiger partial charge in [-0.15, -0.1) is 11.3 Å². The van der Waals surface area contributed by atoms with E-state index in [0.29, 0.717) is 10.7 Å². The number of rotatable bonds is 3. The quantitative estimate of drug-likeness (QED) is 0.831. The summed E-state index contributed by atoms with van der Waals surface area (Å²) in [5.41, 5.74) is 8.24. The van der Waals surface area contributed by atoms with E-state index in [1.54, 1.807) is 17.4 Å². The van der Waals surface area contributed by atoms with Crippen LogP contribution >= 0.6 is 22.9 Å². The fourth-order valence-electron chi connectivity index (χ4n) is 1.51. The summed E-state index contributed by atoms with van der Waals surface area (Å²) >= 11 is 7.75. The van der Waals surface area contributed by atoms with Crippen molar-refractivity contribution >= 4 is 34.3 Å². The van der Waals surface area contributed by atoms with Gasteiger partial charge < -0.3 is 11.1 Å². The largest absolute Gasteiger partial charge is 0.399 e. The maximum atomic E-state index is 6.11. The van der Waals surface area contributed by atoms with Crippen molar-refractivity contribution in [3.8, 4) is 0 Å². The molecule has 0 spiro atoms. The fourth-order valence-corrected chi connectivity index (χ4v) is 2.56. The second kappa shape index (κ2) is 4.94. The number of benzene rings is 1. The Kier molecular flexibility index (Phi) is 3.54. The standard InChI is InChI=1S/C12H14ClN3S/c1-7-6-17-12(15-7)8(2)16-11-4-3-9(14)5-10(11)13/h3-6,8,16H,14H2,1-2H3. The highest BCUT2D eigenvalue weighted by molar-refractivity contribution is 7.09. The Morgan fingerprint density at radius 1 is 1.47 bits per heavy atom. The minimum absolute atomic E-state index is 0.134. The van der Waals surface area contributed by atoms with Gasteiger partial charge in [0.05, 0.1) is 16.8 Å². The first-order valence-electron chi connectivity index (χ1n) is 5.30. The first-order chi connectivity index (χ1) is 8.06. The second-order valence-corrected chi connectivity index (χ2v) is 5.23. The van der Waals surface area contributed by atoms with Gasteiger partial charge in [0.2, 0.25) is 0 Å². The monoisotopic (exact) mass is 267 g/mol. The van der Waals surface area contributed by atoms with Gasteiger partial charge in [-0.3, -0.25) is 0 Å². The molecule has 1 aromatic carbocycles. The van der Waals surface area contributed by atoms with Crippen LogP contribution in [0.5, 0.6) is 0 Å². The first-order valence-corrected chi connectivity index (χ1v) is 6.55. The number of nitrogens with one attached hydrogen (secondary N) is 1. The lowest BCUT2D eigenvalue weighted by Gasteiger charge is -2.14.